The number of nitrogens with one attached hydrogen (secondary N) is 2. The van der Waals surface area contributed by atoms with Crippen molar-refractivity contribution in [1.29, 1.82) is 0 Å². The number of carbonyl (C=O) groups excluding carboxylic acids is 1. The highest BCUT2D eigenvalue weighted by Gasteiger charge is 2.37. The third-order valence-corrected chi connectivity index (χ3v) is 8.18. The van der Waals surface area contributed by atoms with Crippen molar-refractivity contribution in [1.82, 2.24) is 35.2 Å². The molecule has 2 aromatic heterocycles. The van der Waals surface area contributed by atoms with E-state index in [-0.39, 0.29) is 30.6 Å². The lowest BCUT2D eigenvalue weighted by Gasteiger charge is -2.29. The molecule has 2 aromatic carbocycles. The van der Waals surface area contributed by atoms with Gasteiger partial charge in [0.05, 0.1) is 49.5 Å². The summed E-state index contributed by atoms with van der Waals surface area (Å²) in [5.41, 5.74) is 3.65. The summed E-state index contributed by atoms with van der Waals surface area (Å²) in [4.78, 5) is 44.8. The van der Waals surface area contributed by atoms with Crippen LogP contribution >= 0.6 is 0 Å². The number of aromatic nitrogens is 5. The predicted octanol–water partition coefficient (Wildman–Crippen LogP) is 3.67. The van der Waals surface area contributed by atoms with Gasteiger partial charge in [0, 0.05) is 18.2 Å². The number of imidazole rings is 1. The number of aliphatic hydroxyl groups is 1. The number of carbonyl (C=O) groups is 2. The molecule has 242 valence electrons. The Bertz CT molecular complexity index is 1690. The van der Waals surface area contributed by atoms with E-state index in [1.165, 1.54) is 11.1 Å². The fourth-order valence-corrected chi connectivity index (χ4v) is 5.82. The Morgan fingerprint density at radius 3 is 2.65 bits per heavy atom. The highest BCUT2D eigenvalue weighted by atomic mass is 19.1. The Balaban J connectivity index is 1.10. The van der Waals surface area contributed by atoms with Gasteiger partial charge in [-0.3, -0.25) is 4.79 Å². The zero-order valence-corrected chi connectivity index (χ0v) is 25.3. The van der Waals surface area contributed by atoms with Gasteiger partial charge in [0.25, 0.3) is 0 Å². The van der Waals surface area contributed by atoms with Crippen molar-refractivity contribution in [2.24, 2.45) is 5.92 Å². The summed E-state index contributed by atoms with van der Waals surface area (Å²) in [7, 11) is 0. The van der Waals surface area contributed by atoms with E-state index in [1.807, 2.05) is 38.1 Å². The lowest BCUT2D eigenvalue weighted by Crippen LogP contribution is -2.50. The molecule has 0 unspecified atom stereocenters. The summed E-state index contributed by atoms with van der Waals surface area (Å²) in [5, 5.41) is 30.0. The second-order valence-corrected chi connectivity index (χ2v) is 11.7. The third-order valence-electron chi connectivity index (χ3n) is 8.18. The van der Waals surface area contributed by atoms with E-state index in [0.717, 1.165) is 17.7 Å². The Kier molecular flexibility index (Phi) is 8.96. The van der Waals surface area contributed by atoms with Crippen molar-refractivity contribution in [3.8, 4) is 22.4 Å². The number of nitrogens with zero attached hydrogens (tertiary/aromatic N) is 6. The smallest absolute Gasteiger partial charge is 0.405 e. The van der Waals surface area contributed by atoms with E-state index in [2.05, 4.69) is 25.6 Å². The lowest BCUT2D eigenvalue weighted by molar-refractivity contribution is -0.284. The molecular formula is C31H35FN8O6. The summed E-state index contributed by atoms with van der Waals surface area (Å²) in [5.74, 6) is -0.253. The standard InChI is InChI=1S/C31H35FN8O6/c1-18(2)28(35-31(43)44)30(42)39-11-3-4-27(39)29-33-13-26(34-29)20-7-5-19(6-8-20)24-10-9-22(12-25(24)32)40-16-23(45-46-40)15-38-14-21(17-41)36-37-38/h5-10,12-14,18,23,27-28,35,41H,3-4,11,15-17H2,1-2H3,(H,33,34)(H,43,44)/t23-,27+,28+/m1/s1. The highest BCUT2D eigenvalue weighted by molar-refractivity contribution is 5.86. The van der Waals surface area contributed by atoms with Gasteiger partial charge in [-0.2, -0.15) is 0 Å². The lowest BCUT2D eigenvalue weighted by atomic mass is 10.0. The number of hydrogen-bond donors (Lipinski definition) is 4. The zero-order chi connectivity index (χ0) is 32.4. The number of likely N-dealkylation sites (tertiary alicyclic amines) is 1. The number of hydrogen-bond acceptors (Lipinski definition) is 9. The molecule has 4 N–H and O–H groups in total. The van der Waals surface area contributed by atoms with Gasteiger partial charge in [-0.1, -0.05) is 43.3 Å². The number of anilines is 1. The van der Waals surface area contributed by atoms with Crippen LogP contribution in [0.4, 0.5) is 14.9 Å². The number of benzene rings is 2. The number of H-pyrrole nitrogens is 1. The zero-order valence-electron chi connectivity index (χ0n) is 25.3. The maximum Gasteiger partial charge on any atom is 0.405 e. The molecule has 6 rings (SSSR count). The van der Waals surface area contributed by atoms with Crippen molar-refractivity contribution in [2.45, 2.75) is 58.0 Å². The van der Waals surface area contributed by atoms with Crippen LogP contribution in [0.15, 0.2) is 54.9 Å². The minimum absolute atomic E-state index is 0.203. The van der Waals surface area contributed by atoms with Crippen LogP contribution in [0.1, 0.15) is 44.2 Å². The Morgan fingerprint density at radius 2 is 1.96 bits per heavy atom. The van der Waals surface area contributed by atoms with E-state index < -0.39 is 18.0 Å². The molecule has 2 saturated heterocycles. The number of halogens is 1. The summed E-state index contributed by atoms with van der Waals surface area (Å²) in [6.45, 7) is 4.64. The van der Waals surface area contributed by atoms with Crippen LogP contribution in [-0.2, 0) is 27.8 Å². The molecule has 2 amide bonds. The maximum absolute atomic E-state index is 15.3. The predicted molar refractivity (Wildman–Crippen MR) is 162 cm³/mol. The molecule has 0 bridgehead atoms. The van der Waals surface area contributed by atoms with Gasteiger partial charge in [0.1, 0.15) is 29.5 Å². The molecule has 3 atom stereocenters. The van der Waals surface area contributed by atoms with Crippen LogP contribution < -0.4 is 10.4 Å². The van der Waals surface area contributed by atoms with Gasteiger partial charge in [-0.15, -0.1) is 10.1 Å². The number of rotatable bonds is 10. The van der Waals surface area contributed by atoms with E-state index in [4.69, 9.17) is 15.0 Å². The van der Waals surface area contributed by atoms with Crippen LogP contribution in [0.3, 0.4) is 0 Å². The Morgan fingerprint density at radius 1 is 1.17 bits per heavy atom. The molecule has 0 spiro atoms. The molecular weight excluding hydrogens is 599 g/mol. The molecule has 2 aliphatic rings. The second kappa shape index (κ2) is 13.2. The van der Waals surface area contributed by atoms with Gasteiger partial charge < -0.3 is 25.4 Å². The average Bonchev–Trinajstić information content (AvgIpc) is 3.87. The molecule has 0 saturated carbocycles. The topological polar surface area (TPSA) is 171 Å². The number of aliphatic hydroxyl groups excluding tert-OH is 1. The van der Waals surface area contributed by atoms with Crippen molar-refractivity contribution in [3.05, 3.63) is 72.2 Å². The van der Waals surface area contributed by atoms with Gasteiger partial charge in [0.2, 0.25) is 5.91 Å². The first-order chi connectivity index (χ1) is 22.2. The first-order valence-corrected chi connectivity index (χ1v) is 15.1. The fourth-order valence-electron chi connectivity index (χ4n) is 5.82. The van der Waals surface area contributed by atoms with Crippen molar-refractivity contribution < 1.29 is 34.1 Å². The number of amides is 2. The molecule has 2 aliphatic heterocycles. The molecule has 0 aliphatic carbocycles. The van der Waals surface area contributed by atoms with Gasteiger partial charge in [-0.05, 0) is 42.0 Å². The number of carboxylic acid groups (broad SMARTS) is 1. The molecule has 15 heteroatoms. The van der Waals surface area contributed by atoms with E-state index in [1.54, 1.807) is 34.1 Å². The summed E-state index contributed by atoms with van der Waals surface area (Å²) in [6.07, 6.45) is 3.23. The summed E-state index contributed by atoms with van der Waals surface area (Å²) in [6, 6.07) is 11.1. The largest absolute Gasteiger partial charge is 0.465 e. The van der Waals surface area contributed by atoms with Crippen molar-refractivity contribution in [3.63, 3.8) is 0 Å². The highest BCUT2D eigenvalue weighted by Crippen LogP contribution is 2.34. The van der Waals surface area contributed by atoms with Crippen molar-refractivity contribution in [2.75, 3.05) is 18.2 Å². The molecule has 4 aromatic rings. The molecule has 0 radical (unpaired) electrons. The first kappa shape index (κ1) is 31.1. The van der Waals surface area contributed by atoms with Gasteiger partial charge >= 0.3 is 6.09 Å². The van der Waals surface area contributed by atoms with E-state index >= 15 is 4.39 Å². The Labute approximate surface area is 263 Å². The summed E-state index contributed by atoms with van der Waals surface area (Å²) >= 11 is 0. The van der Waals surface area contributed by atoms with Crippen LogP contribution in [0.2, 0.25) is 0 Å². The minimum atomic E-state index is -1.23. The summed E-state index contributed by atoms with van der Waals surface area (Å²) < 4.78 is 16.8. The van der Waals surface area contributed by atoms with Gasteiger partial charge in [-0.25, -0.2) is 28.8 Å². The minimum Gasteiger partial charge on any atom is -0.465 e. The van der Waals surface area contributed by atoms with Crippen LogP contribution in [0, 0.1) is 11.7 Å². The maximum atomic E-state index is 15.3. The first-order valence-electron chi connectivity index (χ1n) is 15.1. The molecule has 2 fully saturated rings. The average molecular weight is 635 g/mol. The monoisotopic (exact) mass is 634 g/mol. The molecule has 14 nitrogen and oxygen atoms in total. The van der Waals surface area contributed by atoms with Gasteiger partial charge in [0.15, 0.2) is 0 Å². The van der Waals surface area contributed by atoms with Crippen LogP contribution in [0.5, 0.6) is 0 Å². The fraction of sp³-hybridized carbons (Fsp3) is 0.387. The number of aromatic amines is 1. The number of hydroxylamine groups is 1. The normalized spacial score (nSPS) is 18.8. The Hall–Kier alpha value is -4.86. The SMILES string of the molecule is CC(C)[C@H](NC(=O)O)C(=O)N1CCC[C@H]1c1ncc(-c2ccc(-c3ccc(N4C[C@@H](Cn5cc(CO)nn5)OO4)cc3F)cc2)[nH]1. The van der Waals surface area contributed by atoms with Crippen LogP contribution in [0.25, 0.3) is 22.4 Å². The van der Waals surface area contributed by atoms with Crippen molar-refractivity contribution >= 4 is 17.7 Å². The third kappa shape index (κ3) is 6.56. The van der Waals surface area contributed by atoms with E-state index in [0.29, 0.717) is 54.4 Å². The quantitative estimate of drug-likeness (QED) is 0.189. The van der Waals surface area contributed by atoms with E-state index in [9.17, 15) is 14.7 Å². The molecule has 46 heavy (non-hydrogen) atoms. The van der Waals surface area contributed by atoms with Crippen LogP contribution in [-0.4, -0.2) is 77.3 Å². The second-order valence-electron chi connectivity index (χ2n) is 11.7. The molecule has 4 heterocycles.